The third-order valence-electron chi connectivity index (χ3n) is 5.38. The second kappa shape index (κ2) is 11.0. The van der Waals surface area contributed by atoms with E-state index in [4.69, 9.17) is 4.74 Å². The highest BCUT2D eigenvalue weighted by Crippen LogP contribution is 2.16. The third kappa shape index (κ3) is 6.46. The fourth-order valence-corrected chi connectivity index (χ4v) is 3.57. The molecule has 0 unspecified atom stereocenters. The van der Waals surface area contributed by atoms with Crippen LogP contribution in [0.5, 0.6) is 5.88 Å². The van der Waals surface area contributed by atoms with Gasteiger partial charge in [-0.1, -0.05) is 48.5 Å². The molecule has 0 atom stereocenters. The highest BCUT2D eigenvalue weighted by atomic mass is 16.5. The minimum Gasteiger partial charge on any atom is -0.473 e. The molecule has 8 nitrogen and oxygen atoms in total. The first-order valence-corrected chi connectivity index (χ1v) is 10.9. The van der Waals surface area contributed by atoms with Crippen LogP contribution in [-0.4, -0.2) is 54.5 Å². The highest BCUT2D eigenvalue weighted by Gasteiger charge is 2.21. The Hall–Kier alpha value is -4.07. The van der Waals surface area contributed by atoms with Gasteiger partial charge in [-0.25, -0.2) is 9.78 Å². The van der Waals surface area contributed by atoms with Gasteiger partial charge in [-0.05, 0) is 23.8 Å². The summed E-state index contributed by atoms with van der Waals surface area (Å²) in [6.45, 7) is 3.17. The van der Waals surface area contributed by atoms with E-state index in [0.717, 1.165) is 24.3 Å². The summed E-state index contributed by atoms with van der Waals surface area (Å²) >= 11 is 0. The molecule has 1 fully saturated rings. The second-order valence-corrected chi connectivity index (χ2v) is 7.67. The lowest BCUT2D eigenvalue weighted by atomic mass is 10.2. The number of aromatic nitrogens is 1. The number of nitrogens with zero attached hydrogens (tertiary/aromatic N) is 3. The molecule has 0 aliphatic carbocycles. The normalized spacial score (nSPS) is 13.3. The molecular weight excluding hydrogens is 418 g/mol. The van der Waals surface area contributed by atoms with Gasteiger partial charge in [0.1, 0.15) is 6.61 Å². The molecule has 33 heavy (non-hydrogen) atoms. The summed E-state index contributed by atoms with van der Waals surface area (Å²) in [4.78, 5) is 32.9. The number of para-hydroxylation sites is 1. The molecule has 2 N–H and O–H groups in total. The van der Waals surface area contributed by atoms with Gasteiger partial charge in [0.15, 0.2) is 0 Å². The lowest BCUT2D eigenvalue weighted by molar-refractivity contribution is -0.130. The highest BCUT2D eigenvalue weighted by molar-refractivity contribution is 5.92. The Morgan fingerprint density at radius 1 is 0.879 bits per heavy atom. The van der Waals surface area contributed by atoms with Gasteiger partial charge in [-0.3, -0.25) is 4.79 Å². The van der Waals surface area contributed by atoms with Crippen LogP contribution in [-0.2, 0) is 11.4 Å². The molecule has 0 saturated carbocycles. The van der Waals surface area contributed by atoms with Crippen LogP contribution in [0.2, 0.25) is 0 Å². The summed E-state index contributed by atoms with van der Waals surface area (Å²) in [6.07, 6.45) is 1.52. The van der Waals surface area contributed by atoms with Gasteiger partial charge >= 0.3 is 6.03 Å². The SMILES string of the molecule is O=C(NCC(=O)N1CCN(c2ccccc2)CC1)Nc1ccc(OCc2ccccc2)nc1. The molecule has 0 radical (unpaired) electrons. The molecule has 1 aromatic heterocycles. The fourth-order valence-electron chi connectivity index (χ4n) is 3.57. The van der Waals surface area contributed by atoms with Crippen molar-refractivity contribution >= 4 is 23.3 Å². The topological polar surface area (TPSA) is 86.8 Å². The maximum absolute atomic E-state index is 12.5. The van der Waals surface area contributed by atoms with Crippen molar-refractivity contribution in [2.75, 3.05) is 42.9 Å². The maximum Gasteiger partial charge on any atom is 0.319 e. The number of pyridine rings is 1. The van der Waals surface area contributed by atoms with E-state index in [1.54, 1.807) is 17.0 Å². The summed E-state index contributed by atoms with van der Waals surface area (Å²) in [6, 6.07) is 22.9. The summed E-state index contributed by atoms with van der Waals surface area (Å²) in [5.74, 6) is 0.371. The van der Waals surface area contributed by atoms with Crippen molar-refractivity contribution in [1.29, 1.82) is 0 Å². The third-order valence-corrected chi connectivity index (χ3v) is 5.38. The number of hydrogen-bond donors (Lipinski definition) is 2. The first-order valence-electron chi connectivity index (χ1n) is 10.9. The van der Waals surface area contributed by atoms with Crippen LogP contribution in [0.4, 0.5) is 16.2 Å². The molecule has 0 spiro atoms. The lowest BCUT2D eigenvalue weighted by Gasteiger charge is -2.36. The van der Waals surface area contributed by atoms with E-state index in [1.165, 1.54) is 6.20 Å². The van der Waals surface area contributed by atoms with Crippen LogP contribution in [0.25, 0.3) is 0 Å². The van der Waals surface area contributed by atoms with Crippen molar-refractivity contribution in [3.63, 3.8) is 0 Å². The Kier molecular flexibility index (Phi) is 7.37. The number of ether oxygens (including phenoxy) is 1. The van der Waals surface area contributed by atoms with Gasteiger partial charge < -0.3 is 25.2 Å². The predicted octanol–water partition coefficient (Wildman–Crippen LogP) is 3.13. The Balaban J connectivity index is 1.17. The van der Waals surface area contributed by atoms with Gasteiger partial charge in [0.25, 0.3) is 0 Å². The van der Waals surface area contributed by atoms with E-state index < -0.39 is 6.03 Å². The minimum absolute atomic E-state index is 0.0527. The molecule has 170 valence electrons. The van der Waals surface area contributed by atoms with E-state index in [0.29, 0.717) is 31.3 Å². The quantitative estimate of drug-likeness (QED) is 0.584. The van der Waals surface area contributed by atoms with Crippen LogP contribution in [0.1, 0.15) is 5.56 Å². The number of rotatable bonds is 7. The molecule has 1 aliphatic rings. The van der Waals surface area contributed by atoms with Crippen molar-refractivity contribution < 1.29 is 14.3 Å². The fraction of sp³-hybridized carbons (Fsp3) is 0.240. The Morgan fingerprint density at radius 2 is 1.58 bits per heavy atom. The number of hydrogen-bond acceptors (Lipinski definition) is 5. The first-order chi connectivity index (χ1) is 16.2. The number of piperazine rings is 1. The van der Waals surface area contributed by atoms with Crippen LogP contribution in [0.3, 0.4) is 0 Å². The van der Waals surface area contributed by atoms with E-state index in [9.17, 15) is 9.59 Å². The molecular formula is C25H27N5O3. The van der Waals surface area contributed by atoms with Crippen LogP contribution < -0.4 is 20.3 Å². The largest absolute Gasteiger partial charge is 0.473 e. The molecule has 3 amide bonds. The smallest absolute Gasteiger partial charge is 0.319 e. The number of carbonyl (C=O) groups excluding carboxylic acids is 2. The predicted molar refractivity (Wildman–Crippen MR) is 127 cm³/mol. The molecule has 0 bridgehead atoms. The van der Waals surface area contributed by atoms with Gasteiger partial charge in [-0.15, -0.1) is 0 Å². The monoisotopic (exact) mass is 445 g/mol. The van der Waals surface area contributed by atoms with E-state index >= 15 is 0 Å². The Morgan fingerprint density at radius 3 is 2.24 bits per heavy atom. The number of amides is 3. The van der Waals surface area contributed by atoms with Crippen LogP contribution >= 0.6 is 0 Å². The number of carbonyl (C=O) groups is 2. The van der Waals surface area contributed by atoms with E-state index in [2.05, 4.69) is 32.7 Å². The van der Waals surface area contributed by atoms with Crippen molar-refractivity contribution in [3.8, 4) is 5.88 Å². The van der Waals surface area contributed by atoms with Crippen molar-refractivity contribution in [2.45, 2.75) is 6.61 Å². The van der Waals surface area contributed by atoms with Crippen LogP contribution in [0, 0.1) is 0 Å². The zero-order chi connectivity index (χ0) is 22.9. The van der Waals surface area contributed by atoms with E-state index in [-0.39, 0.29) is 12.5 Å². The summed E-state index contributed by atoms with van der Waals surface area (Å²) in [5.41, 5.74) is 2.72. The average molecular weight is 446 g/mol. The zero-order valence-corrected chi connectivity index (χ0v) is 18.3. The summed E-state index contributed by atoms with van der Waals surface area (Å²) in [7, 11) is 0. The second-order valence-electron chi connectivity index (χ2n) is 7.67. The zero-order valence-electron chi connectivity index (χ0n) is 18.3. The van der Waals surface area contributed by atoms with Gasteiger partial charge in [0, 0.05) is 37.9 Å². The summed E-state index contributed by atoms with van der Waals surface area (Å²) < 4.78 is 5.64. The van der Waals surface area contributed by atoms with Crippen LogP contribution in [0.15, 0.2) is 79.0 Å². The first kappa shape index (κ1) is 22.1. The van der Waals surface area contributed by atoms with Crippen molar-refractivity contribution in [3.05, 3.63) is 84.6 Å². The van der Waals surface area contributed by atoms with E-state index in [1.807, 2.05) is 48.5 Å². The molecule has 2 aromatic carbocycles. The van der Waals surface area contributed by atoms with Crippen molar-refractivity contribution in [1.82, 2.24) is 15.2 Å². The molecule has 1 saturated heterocycles. The molecule has 1 aliphatic heterocycles. The number of nitrogens with one attached hydrogen (secondary N) is 2. The van der Waals surface area contributed by atoms with Crippen molar-refractivity contribution in [2.24, 2.45) is 0 Å². The lowest BCUT2D eigenvalue weighted by Crippen LogP contribution is -2.51. The maximum atomic E-state index is 12.5. The minimum atomic E-state index is -0.453. The van der Waals surface area contributed by atoms with Gasteiger partial charge in [0.05, 0.1) is 18.4 Å². The number of urea groups is 1. The van der Waals surface area contributed by atoms with Gasteiger partial charge in [-0.2, -0.15) is 0 Å². The summed E-state index contributed by atoms with van der Waals surface area (Å²) in [5, 5.41) is 5.30. The molecule has 2 heterocycles. The molecule has 8 heteroatoms. The Labute approximate surface area is 193 Å². The average Bonchev–Trinajstić information content (AvgIpc) is 2.88. The molecule has 4 rings (SSSR count). The standard InChI is InChI=1S/C25H27N5O3/c31-24(30-15-13-29(14-16-30)22-9-5-2-6-10-22)18-27-25(32)28-21-11-12-23(26-17-21)33-19-20-7-3-1-4-8-20/h1-12,17H,13-16,18-19H2,(H2,27,28,32). The Bertz CT molecular complexity index is 1040. The van der Waals surface area contributed by atoms with Gasteiger partial charge in [0.2, 0.25) is 11.8 Å². The number of anilines is 2. The number of benzene rings is 2. The molecule has 3 aromatic rings.